The normalized spacial score (nSPS) is 11.0. The quantitative estimate of drug-likeness (QED) is 0.670. The molecule has 0 saturated heterocycles. The molecule has 0 atom stereocenters. The smallest absolute Gasteiger partial charge is 0.227 e. The average molecular weight is 259 g/mol. The van der Waals surface area contributed by atoms with Gasteiger partial charge in [-0.2, -0.15) is 0 Å². The number of halogens is 1. The highest BCUT2D eigenvalue weighted by atomic mass is 35.5. The fraction of sp³-hybridized carbons (Fsp3) is 0.0714. The minimum Gasteiger partial charge on any atom is -0.436 e. The average Bonchev–Trinajstić information content (AvgIpc) is 2.75. The van der Waals surface area contributed by atoms with Crippen molar-refractivity contribution in [2.24, 2.45) is 0 Å². The van der Waals surface area contributed by atoms with Crippen molar-refractivity contribution in [1.29, 1.82) is 0 Å². The molecule has 0 radical (unpaired) electrons. The number of nitrogens with zero attached hydrogens (tertiary/aromatic N) is 1. The van der Waals surface area contributed by atoms with E-state index in [0.717, 1.165) is 27.9 Å². The van der Waals surface area contributed by atoms with Gasteiger partial charge >= 0.3 is 0 Å². The van der Waals surface area contributed by atoms with E-state index in [-0.39, 0.29) is 0 Å². The van der Waals surface area contributed by atoms with E-state index in [1.165, 1.54) is 0 Å². The molecular formula is C14H11ClN2O. The lowest BCUT2D eigenvalue weighted by molar-refractivity contribution is 0.619. The SMILES string of the molecule is Cc1c(N)cccc1-c1nc2cc(Cl)ccc2o1. The van der Waals surface area contributed by atoms with Crippen LogP contribution in [0, 0.1) is 6.92 Å². The Bertz CT molecular complexity index is 734. The molecule has 0 amide bonds. The molecule has 0 aliphatic carbocycles. The van der Waals surface area contributed by atoms with Crippen LogP contribution in [0.3, 0.4) is 0 Å². The molecule has 1 heterocycles. The minimum atomic E-state index is 0.567. The Morgan fingerprint density at radius 3 is 2.89 bits per heavy atom. The van der Waals surface area contributed by atoms with Gasteiger partial charge in [-0.05, 0) is 42.8 Å². The Labute approximate surface area is 109 Å². The maximum absolute atomic E-state index is 5.93. The van der Waals surface area contributed by atoms with Crippen molar-refractivity contribution in [1.82, 2.24) is 4.98 Å². The predicted molar refractivity (Wildman–Crippen MR) is 73.6 cm³/mol. The molecule has 0 aliphatic heterocycles. The number of rotatable bonds is 1. The first-order valence-electron chi connectivity index (χ1n) is 5.57. The van der Waals surface area contributed by atoms with E-state index in [9.17, 15) is 0 Å². The van der Waals surface area contributed by atoms with Gasteiger partial charge in [-0.3, -0.25) is 0 Å². The number of nitrogens with two attached hydrogens (primary N) is 1. The van der Waals surface area contributed by atoms with Crippen molar-refractivity contribution in [3.05, 3.63) is 47.0 Å². The van der Waals surface area contributed by atoms with Crippen molar-refractivity contribution in [2.75, 3.05) is 5.73 Å². The Balaban J connectivity index is 2.22. The number of hydrogen-bond acceptors (Lipinski definition) is 3. The molecule has 4 heteroatoms. The summed E-state index contributed by atoms with van der Waals surface area (Å²) in [5, 5.41) is 0.645. The molecule has 0 fully saturated rings. The second kappa shape index (κ2) is 4.03. The van der Waals surface area contributed by atoms with E-state index in [1.807, 2.05) is 31.2 Å². The molecule has 90 valence electrons. The summed E-state index contributed by atoms with van der Waals surface area (Å²) in [5.74, 6) is 0.567. The summed E-state index contributed by atoms with van der Waals surface area (Å²) >= 11 is 5.93. The maximum Gasteiger partial charge on any atom is 0.227 e. The molecule has 3 nitrogen and oxygen atoms in total. The molecule has 0 saturated carbocycles. The zero-order chi connectivity index (χ0) is 12.7. The summed E-state index contributed by atoms with van der Waals surface area (Å²) in [6.45, 7) is 1.95. The molecule has 3 aromatic rings. The van der Waals surface area contributed by atoms with E-state index < -0.39 is 0 Å². The largest absolute Gasteiger partial charge is 0.436 e. The third-order valence-electron chi connectivity index (χ3n) is 2.96. The number of benzene rings is 2. The van der Waals surface area contributed by atoms with Gasteiger partial charge in [-0.1, -0.05) is 17.7 Å². The fourth-order valence-corrected chi connectivity index (χ4v) is 2.07. The second-order valence-electron chi connectivity index (χ2n) is 4.15. The molecular weight excluding hydrogens is 248 g/mol. The van der Waals surface area contributed by atoms with Crippen molar-refractivity contribution in [3.8, 4) is 11.5 Å². The van der Waals surface area contributed by atoms with E-state index in [1.54, 1.807) is 12.1 Å². The Hall–Kier alpha value is -2.00. The summed E-state index contributed by atoms with van der Waals surface area (Å²) in [5.41, 5.74) is 9.96. The van der Waals surface area contributed by atoms with Gasteiger partial charge in [0.25, 0.3) is 0 Å². The van der Waals surface area contributed by atoms with Crippen molar-refractivity contribution in [3.63, 3.8) is 0 Å². The van der Waals surface area contributed by atoms with Crippen molar-refractivity contribution in [2.45, 2.75) is 6.92 Å². The topological polar surface area (TPSA) is 52.0 Å². The summed E-state index contributed by atoms with van der Waals surface area (Å²) < 4.78 is 5.72. The van der Waals surface area contributed by atoms with Crippen LogP contribution in [0.15, 0.2) is 40.8 Å². The van der Waals surface area contributed by atoms with Crippen LogP contribution < -0.4 is 5.73 Å². The van der Waals surface area contributed by atoms with Gasteiger partial charge in [0, 0.05) is 16.3 Å². The number of oxazole rings is 1. The van der Waals surface area contributed by atoms with Gasteiger partial charge in [-0.25, -0.2) is 4.98 Å². The monoisotopic (exact) mass is 258 g/mol. The van der Waals surface area contributed by atoms with E-state index in [0.29, 0.717) is 10.9 Å². The van der Waals surface area contributed by atoms with Gasteiger partial charge in [0.05, 0.1) is 0 Å². The van der Waals surface area contributed by atoms with Crippen LogP contribution in [0.4, 0.5) is 5.69 Å². The second-order valence-corrected chi connectivity index (χ2v) is 4.59. The van der Waals surface area contributed by atoms with E-state index in [2.05, 4.69) is 4.98 Å². The van der Waals surface area contributed by atoms with Crippen molar-refractivity contribution >= 4 is 28.4 Å². The van der Waals surface area contributed by atoms with Gasteiger partial charge in [0.15, 0.2) is 5.58 Å². The fourth-order valence-electron chi connectivity index (χ4n) is 1.90. The molecule has 0 unspecified atom stereocenters. The molecule has 0 aliphatic rings. The van der Waals surface area contributed by atoms with Crippen LogP contribution in [0.5, 0.6) is 0 Å². The van der Waals surface area contributed by atoms with Gasteiger partial charge < -0.3 is 10.2 Å². The number of fused-ring (bicyclic) bond motifs is 1. The van der Waals surface area contributed by atoms with E-state index in [4.69, 9.17) is 21.8 Å². The molecule has 2 N–H and O–H groups in total. The molecule has 1 aromatic heterocycles. The van der Waals surface area contributed by atoms with Crippen LogP contribution in [-0.4, -0.2) is 4.98 Å². The lowest BCUT2D eigenvalue weighted by Gasteiger charge is -2.03. The molecule has 2 aromatic carbocycles. The predicted octanol–water partition coefficient (Wildman–Crippen LogP) is 4.04. The third-order valence-corrected chi connectivity index (χ3v) is 3.19. The zero-order valence-electron chi connectivity index (χ0n) is 9.77. The molecule has 0 spiro atoms. The van der Waals surface area contributed by atoms with Crippen LogP contribution in [0.25, 0.3) is 22.6 Å². The lowest BCUT2D eigenvalue weighted by atomic mass is 10.1. The summed E-state index contributed by atoms with van der Waals surface area (Å²) in [4.78, 5) is 4.44. The molecule has 0 bridgehead atoms. The number of hydrogen-bond donors (Lipinski definition) is 1. The van der Waals surface area contributed by atoms with Gasteiger partial charge in [-0.15, -0.1) is 0 Å². The Kier molecular flexibility index (Phi) is 2.49. The minimum absolute atomic E-state index is 0.567. The van der Waals surface area contributed by atoms with Crippen molar-refractivity contribution < 1.29 is 4.42 Å². The van der Waals surface area contributed by atoms with E-state index >= 15 is 0 Å². The standard InChI is InChI=1S/C14H11ClN2O/c1-8-10(3-2-4-11(8)16)14-17-12-7-9(15)5-6-13(12)18-14/h2-7H,16H2,1H3. The number of aromatic nitrogens is 1. The lowest BCUT2D eigenvalue weighted by Crippen LogP contribution is -1.91. The third kappa shape index (κ3) is 1.73. The Morgan fingerprint density at radius 2 is 2.06 bits per heavy atom. The first-order chi connectivity index (χ1) is 8.65. The zero-order valence-corrected chi connectivity index (χ0v) is 10.5. The van der Waals surface area contributed by atoms with Crippen LogP contribution in [0.2, 0.25) is 5.02 Å². The Morgan fingerprint density at radius 1 is 1.22 bits per heavy atom. The number of anilines is 1. The maximum atomic E-state index is 5.93. The number of nitrogen functional groups attached to an aromatic ring is 1. The van der Waals surface area contributed by atoms with Crippen LogP contribution >= 0.6 is 11.6 Å². The highest BCUT2D eigenvalue weighted by Gasteiger charge is 2.11. The first-order valence-corrected chi connectivity index (χ1v) is 5.94. The highest BCUT2D eigenvalue weighted by Crippen LogP contribution is 2.30. The van der Waals surface area contributed by atoms with Gasteiger partial charge in [0.2, 0.25) is 5.89 Å². The summed E-state index contributed by atoms with van der Waals surface area (Å²) in [7, 11) is 0. The highest BCUT2D eigenvalue weighted by molar-refractivity contribution is 6.31. The van der Waals surface area contributed by atoms with Crippen LogP contribution in [-0.2, 0) is 0 Å². The molecule has 3 rings (SSSR count). The van der Waals surface area contributed by atoms with Gasteiger partial charge in [0.1, 0.15) is 5.52 Å². The van der Waals surface area contributed by atoms with Crippen LogP contribution in [0.1, 0.15) is 5.56 Å². The first kappa shape index (κ1) is 11.1. The molecule has 18 heavy (non-hydrogen) atoms. The summed E-state index contributed by atoms with van der Waals surface area (Å²) in [6, 6.07) is 11.1. The summed E-state index contributed by atoms with van der Waals surface area (Å²) in [6.07, 6.45) is 0.